The molecule has 2 aromatic rings. The van der Waals surface area contributed by atoms with Crippen LogP contribution in [0.5, 0.6) is 11.5 Å². The third-order valence-corrected chi connectivity index (χ3v) is 3.41. The minimum atomic E-state index is -0.621. The topological polar surface area (TPSA) is 30.5 Å². The first-order valence-electron chi connectivity index (χ1n) is 6.97. The molecular formula is C17H18FNO2. The number of rotatable bonds is 3. The van der Waals surface area contributed by atoms with Crippen molar-refractivity contribution in [1.82, 2.24) is 0 Å². The lowest BCUT2D eigenvalue weighted by Crippen LogP contribution is -2.29. The fraction of sp³-hybridized carbons (Fsp3) is 0.294. The summed E-state index contributed by atoms with van der Waals surface area (Å²) in [5.74, 6) is 0.635. The Morgan fingerprint density at radius 3 is 2.38 bits per heavy atom. The van der Waals surface area contributed by atoms with Crippen molar-refractivity contribution in [3.05, 3.63) is 53.8 Å². The van der Waals surface area contributed by atoms with Gasteiger partial charge in [0.25, 0.3) is 0 Å². The molecule has 0 saturated heterocycles. The minimum Gasteiger partial charge on any atom is -0.449 e. The van der Waals surface area contributed by atoms with Gasteiger partial charge in [0.1, 0.15) is 5.82 Å². The van der Waals surface area contributed by atoms with E-state index in [1.165, 1.54) is 12.1 Å². The van der Waals surface area contributed by atoms with Gasteiger partial charge in [-0.05, 0) is 36.8 Å². The summed E-state index contributed by atoms with van der Waals surface area (Å²) in [5, 5.41) is 3.38. The molecule has 1 aliphatic rings. The first kappa shape index (κ1) is 13.7. The van der Waals surface area contributed by atoms with Gasteiger partial charge in [0.2, 0.25) is 5.79 Å². The predicted octanol–water partition coefficient (Wildman–Crippen LogP) is 4.51. The van der Waals surface area contributed by atoms with Gasteiger partial charge in [-0.2, -0.15) is 0 Å². The fourth-order valence-electron chi connectivity index (χ4n) is 2.40. The third kappa shape index (κ3) is 2.94. The van der Waals surface area contributed by atoms with Crippen LogP contribution >= 0.6 is 0 Å². The maximum absolute atomic E-state index is 12.9. The number of anilines is 1. The lowest BCUT2D eigenvalue weighted by Gasteiger charge is -2.16. The van der Waals surface area contributed by atoms with Gasteiger partial charge in [-0.3, -0.25) is 0 Å². The Bertz CT molecular complexity index is 652. The Morgan fingerprint density at radius 2 is 1.67 bits per heavy atom. The zero-order valence-electron chi connectivity index (χ0n) is 12.3. The van der Waals surface area contributed by atoms with Gasteiger partial charge in [-0.1, -0.05) is 12.1 Å². The van der Waals surface area contributed by atoms with E-state index in [4.69, 9.17) is 9.47 Å². The summed E-state index contributed by atoms with van der Waals surface area (Å²) < 4.78 is 24.3. The Labute approximate surface area is 123 Å². The van der Waals surface area contributed by atoms with E-state index >= 15 is 0 Å². The van der Waals surface area contributed by atoms with Crippen LogP contribution in [0.4, 0.5) is 10.1 Å². The highest BCUT2D eigenvalue weighted by molar-refractivity contribution is 5.57. The highest BCUT2D eigenvalue weighted by Crippen LogP contribution is 2.41. The lowest BCUT2D eigenvalue weighted by molar-refractivity contribution is -0.0431. The van der Waals surface area contributed by atoms with E-state index in [2.05, 4.69) is 5.32 Å². The molecule has 21 heavy (non-hydrogen) atoms. The van der Waals surface area contributed by atoms with Crippen molar-refractivity contribution in [1.29, 1.82) is 0 Å². The average Bonchev–Trinajstić information content (AvgIpc) is 2.72. The standard InChI is InChI=1S/C17H18FNO2/c1-11(12-4-6-13(18)7-5-12)19-14-8-9-15-16(10-14)21-17(2,3)20-15/h4-11,19H,1-3H3. The van der Waals surface area contributed by atoms with Crippen molar-refractivity contribution in [2.24, 2.45) is 0 Å². The van der Waals surface area contributed by atoms with Crippen molar-refractivity contribution in [2.45, 2.75) is 32.6 Å². The van der Waals surface area contributed by atoms with E-state index in [1.807, 2.05) is 39.0 Å². The summed E-state index contributed by atoms with van der Waals surface area (Å²) in [4.78, 5) is 0. The highest BCUT2D eigenvalue weighted by atomic mass is 19.1. The van der Waals surface area contributed by atoms with Crippen LogP contribution in [0.25, 0.3) is 0 Å². The van der Waals surface area contributed by atoms with Gasteiger partial charge in [-0.25, -0.2) is 4.39 Å². The van der Waals surface area contributed by atoms with Crippen LogP contribution in [0.1, 0.15) is 32.4 Å². The molecule has 2 aromatic carbocycles. The van der Waals surface area contributed by atoms with Gasteiger partial charge >= 0.3 is 0 Å². The maximum Gasteiger partial charge on any atom is 0.246 e. The lowest BCUT2D eigenvalue weighted by atomic mass is 10.1. The summed E-state index contributed by atoms with van der Waals surface area (Å²) in [5.41, 5.74) is 1.96. The Kier molecular flexibility index (Phi) is 3.24. The van der Waals surface area contributed by atoms with Crippen LogP contribution < -0.4 is 14.8 Å². The van der Waals surface area contributed by atoms with Gasteiger partial charge in [0, 0.05) is 31.6 Å². The van der Waals surface area contributed by atoms with Gasteiger partial charge in [0.05, 0.1) is 0 Å². The van der Waals surface area contributed by atoms with Crippen LogP contribution in [0.2, 0.25) is 0 Å². The van der Waals surface area contributed by atoms with E-state index in [0.717, 1.165) is 22.7 Å². The second kappa shape index (κ2) is 4.95. The fourth-order valence-corrected chi connectivity index (χ4v) is 2.40. The first-order valence-corrected chi connectivity index (χ1v) is 6.97. The number of halogens is 1. The molecule has 1 heterocycles. The smallest absolute Gasteiger partial charge is 0.246 e. The normalized spacial score (nSPS) is 16.6. The molecule has 0 amide bonds. The molecule has 3 nitrogen and oxygen atoms in total. The molecule has 0 spiro atoms. The van der Waals surface area contributed by atoms with E-state index in [1.54, 1.807) is 12.1 Å². The van der Waals surface area contributed by atoms with Crippen LogP contribution in [0.3, 0.4) is 0 Å². The molecule has 110 valence electrons. The maximum atomic E-state index is 12.9. The molecule has 0 aliphatic carbocycles. The summed E-state index contributed by atoms with van der Waals surface area (Å²) in [6.45, 7) is 5.78. The minimum absolute atomic E-state index is 0.0685. The quantitative estimate of drug-likeness (QED) is 0.901. The van der Waals surface area contributed by atoms with Crippen molar-refractivity contribution in [3.8, 4) is 11.5 Å². The van der Waals surface area contributed by atoms with Crippen molar-refractivity contribution >= 4 is 5.69 Å². The second-order valence-corrected chi connectivity index (χ2v) is 5.68. The van der Waals surface area contributed by atoms with Crippen molar-refractivity contribution < 1.29 is 13.9 Å². The summed E-state index contributed by atoms with van der Waals surface area (Å²) >= 11 is 0. The molecule has 1 N–H and O–H groups in total. The average molecular weight is 287 g/mol. The summed E-state index contributed by atoms with van der Waals surface area (Å²) in [7, 11) is 0. The SMILES string of the molecule is CC(Nc1ccc2c(c1)OC(C)(C)O2)c1ccc(F)cc1. The summed E-state index contributed by atoms with van der Waals surface area (Å²) in [6.07, 6.45) is 0. The van der Waals surface area contributed by atoms with E-state index in [0.29, 0.717) is 0 Å². The molecule has 4 heteroatoms. The monoisotopic (exact) mass is 287 g/mol. The number of hydrogen-bond acceptors (Lipinski definition) is 3. The predicted molar refractivity (Wildman–Crippen MR) is 80.2 cm³/mol. The number of fused-ring (bicyclic) bond motifs is 1. The summed E-state index contributed by atoms with van der Waals surface area (Å²) in [6, 6.07) is 12.3. The van der Waals surface area contributed by atoms with Gasteiger partial charge in [-0.15, -0.1) is 0 Å². The van der Waals surface area contributed by atoms with Crippen molar-refractivity contribution in [3.63, 3.8) is 0 Å². The number of ether oxygens (including phenoxy) is 2. The third-order valence-electron chi connectivity index (χ3n) is 3.41. The largest absolute Gasteiger partial charge is 0.449 e. The highest BCUT2D eigenvalue weighted by Gasteiger charge is 2.31. The number of benzene rings is 2. The first-order chi connectivity index (χ1) is 9.93. The number of nitrogens with one attached hydrogen (secondary N) is 1. The molecule has 0 fully saturated rings. The molecule has 0 saturated carbocycles. The van der Waals surface area contributed by atoms with Gasteiger partial charge < -0.3 is 14.8 Å². The zero-order chi connectivity index (χ0) is 15.0. The zero-order valence-corrected chi connectivity index (χ0v) is 12.3. The van der Waals surface area contributed by atoms with Gasteiger partial charge in [0.15, 0.2) is 11.5 Å². The van der Waals surface area contributed by atoms with Crippen LogP contribution in [0.15, 0.2) is 42.5 Å². The van der Waals surface area contributed by atoms with Crippen LogP contribution in [0, 0.1) is 5.82 Å². The van der Waals surface area contributed by atoms with E-state index in [-0.39, 0.29) is 11.9 Å². The van der Waals surface area contributed by atoms with E-state index < -0.39 is 5.79 Å². The molecule has 1 unspecified atom stereocenters. The molecule has 1 aliphatic heterocycles. The number of hydrogen-bond donors (Lipinski definition) is 1. The molecular weight excluding hydrogens is 269 g/mol. The van der Waals surface area contributed by atoms with Crippen LogP contribution in [-0.4, -0.2) is 5.79 Å². The van der Waals surface area contributed by atoms with Crippen molar-refractivity contribution in [2.75, 3.05) is 5.32 Å². The molecule has 0 radical (unpaired) electrons. The Morgan fingerprint density at radius 1 is 1.00 bits per heavy atom. The second-order valence-electron chi connectivity index (χ2n) is 5.68. The molecule has 3 rings (SSSR count). The molecule has 1 atom stereocenters. The Balaban J connectivity index is 1.76. The Hall–Kier alpha value is -2.23. The van der Waals surface area contributed by atoms with E-state index in [9.17, 15) is 4.39 Å². The van der Waals surface area contributed by atoms with Crippen LogP contribution in [-0.2, 0) is 0 Å². The molecule has 0 aromatic heterocycles. The molecule has 0 bridgehead atoms.